The van der Waals surface area contributed by atoms with Crippen molar-refractivity contribution in [2.24, 2.45) is 0 Å². The van der Waals surface area contributed by atoms with Crippen molar-refractivity contribution in [1.29, 1.82) is 0 Å². The number of likely N-dealkylation sites (N-methyl/N-ethyl adjacent to an activating group) is 1. The number of nitrogens with zero attached hydrogens (tertiary/aromatic N) is 1. The number of hydrogen-bond acceptors (Lipinski definition) is 3. The van der Waals surface area contributed by atoms with E-state index < -0.39 is 0 Å². The van der Waals surface area contributed by atoms with E-state index in [0.717, 1.165) is 23.8 Å². The first kappa shape index (κ1) is 14.4. The molecule has 0 amide bonds. The Morgan fingerprint density at radius 1 is 1.26 bits per heavy atom. The van der Waals surface area contributed by atoms with Crippen LogP contribution in [0.3, 0.4) is 0 Å². The molecule has 1 heterocycles. The SMILES string of the molecule is CC(c1cccs1)N(C)CCNc1ccccc1Cl. The fourth-order valence-electron chi connectivity index (χ4n) is 1.91. The largest absolute Gasteiger partial charge is 0.383 e. The van der Waals surface area contributed by atoms with Gasteiger partial charge in [-0.05, 0) is 37.6 Å². The highest BCUT2D eigenvalue weighted by Crippen LogP contribution is 2.23. The Kier molecular flexibility index (Phi) is 5.25. The molecule has 1 unspecified atom stereocenters. The number of benzene rings is 1. The number of para-hydroxylation sites is 1. The summed E-state index contributed by atoms with van der Waals surface area (Å²) in [6.07, 6.45) is 0. The van der Waals surface area contributed by atoms with E-state index in [4.69, 9.17) is 11.6 Å². The maximum atomic E-state index is 6.11. The summed E-state index contributed by atoms with van der Waals surface area (Å²) in [6.45, 7) is 4.10. The maximum Gasteiger partial charge on any atom is 0.0637 e. The van der Waals surface area contributed by atoms with Gasteiger partial charge in [-0.2, -0.15) is 0 Å². The van der Waals surface area contributed by atoms with Gasteiger partial charge in [0.25, 0.3) is 0 Å². The number of hydrogen-bond donors (Lipinski definition) is 1. The van der Waals surface area contributed by atoms with Crippen LogP contribution in [0.15, 0.2) is 41.8 Å². The Labute approximate surface area is 124 Å². The van der Waals surface area contributed by atoms with Crippen LogP contribution < -0.4 is 5.32 Å². The maximum absolute atomic E-state index is 6.11. The van der Waals surface area contributed by atoms with Crippen LogP contribution in [0.4, 0.5) is 5.69 Å². The molecule has 1 aromatic heterocycles. The molecule has 1 atom stereocenters. The van der Waals surface area contributed by atoms with Crippen LogP contribution in [-0.4, -0.2) is 25.0 Å². The third-order valence-electron chi connectivity index (χ3n) is 3.27. The van der Waals surface area contributed by atoms with E-state index in [2.05, 4.69) is 41.7 Å². The molecule has 0 aliphatic carbocycles. The third-order valence-corrected chi connectivity index (χ3v) is 4.64. The molecule has 0 aliphatic heterocycles. The van der Waals surface area contributed by atoms with Crippen LogP contribution >= 0.6 is 22.9 Å². The molecular weight excluding hydrogens is 276 g/mol. The summed E-state index contributed by atoms with van der Waals surface area (Å²) >= 11 is 7.92. The molecule has 19 heavy (non-hydrogen) atoms. The first-order valence-corrected chi connectivity index (χ1v) is 7.66. The molecular formula is C15H19ClN2S. The number of thiophene rings is 1. The second-order valence-corrected chi connectivity index (χ2v) is 5.97. The monoisotopic (exact) mass is 294 g/mol. The van der Waals surface area contributed by atoms with Crippen molar-refractivity contribution < 1.29 is 0 Å². The second-order valence-electron chi connectivity index (χ2n) is 4.58. The molecule has 0 bridgehead atoms. The molecule has 2 rings (SSSR count). The van der Waals surface area contributed by atoms with Crippen LogP contribution in [0.5, 0.6) is 0 Å². The van der Waals surface area contributed by atoms with E-state index in [0.29, 0.717) is 6.04 Å². The summed E-state index contributed by atoms with van der Waals surface area (Å²) < 4.78 is 0. The summed E-state index contributed by atoms with van der Waals surface area (Å²) in [7, 11) is 2.15. The number of nitrogens with one attached hydrogen (secondary N) is 1. The zero-order valence-corrected chi connectivity index (χ0v) is 12.8. The van der Waals surface area contributed by atoms with Crippen LogP contribution in [0.25, 0.3) is 0 Å². The van der Waals surface area contributed by atoms with Crippen LogP contribution in [0.2, 0.25) is 5.02 Å². The lowest BCUT2D eigenvalue weighted by molar-refractivity contribution is 0.275. The van der Waals surface area contributed by atoms with Crippen molar-refractivity contribution in [2.45, 2.75) is 13.0 Å². The smallest absolute Gasteiger partial charge is 0.0637 e. The highest BCUT2D eigenvalue weighted by Gasteiger charge is 2.11. The lowest BCUT2D eigenvalue weighted by Crippen LogP contribution is -2.27. The molecule has 4 heteroatoms. The van der Waals surface area contributed by atoms with Gasteiger partial charge in [-0.15, -0.1) is 11.3 Å². The van der Waals surface area contributed by atoms with Gasteiger partial charge < -0.3 is 5.32 Å². The van der Waals surface area contributed by atoms with Gasteiger partial charge in [-0.25, -0.2) is 0 Å². The van der Waals surface area contributed by atoms with Crippen molar-refractivity contribution in [3.05, 3.63) is 51.7 Å². The molecule has 0 spiro atoms. The van der Waals surface area contributed by atoms with Crippen molar-refractivity contribution in [3.63, 3.8) is 0 Å². The summed E-state index contributed by atoms with van der Waals surface area (Å²) in [5.41, 5.74) is 1.00. The van der Waals surface area contributed by atoms with Crippen LogP contribution in [-0.2, 0) is 0 Å². The number of rotatable bonds is 6. The highest BCUT2D eigenvalue weighted by molar-refractivity contribution is 7.10. The topological polar surface area (TPSA) is 15.3 Å². The lowest BCUT2D eigenvalue weighted by atomic mass is 10.2. The predicted octanol–water partition coefficient (Wildman–Crippen LogP) is 4.51. The minimum atomic E-state index is 0.452. The van der Waals surface area contributed by atoms with Crippen molar-refractivity contribution in [1.82, 2.24) is 4.90 Å². The molecule has 0 saturated heterocycles. The average Bonchev–Trinajstić information content (AvgIpc) is 2.94. The van der Waals surface area contributed by atoms with E-state index in [1.807, 2.05) is 35.6 Å². The highest BCUT2D eigenvalue weighted by atomic mass is 35.5. The Hall–Kier alpha value is -1.03. The molecule has 2 nitrogen and oxygen atoms in total. The van der Waals surface area contributed by atoms with Crippen LogP contribution in [0.1, 0.15) is 17.8 Å². The molecule has 2 aromatic rings. The van der Waals surface area contributed by atoms with E-state index in [1.54, 1.807) is 0 Å². The van der Waals surface area contributed by atoms with Gasteiger partial charge >= 0.3 is 0 Å². The molecule has 1 aromatic carbocycles. The summed E-state index contributed by atoms with van der Waals surface area (Å²) in [5.74, 6) is 0. The van der Waals surface area contributed by atoms with Gasteiger partial charge in [0, 0.05) is 24.0 Å². The third kappa shape index (κ3) is 3.96. The first-order chi connectivity index (χ1) is 9.18. The summed E-state index contributed by atoms with van der Waals surface area (Å²) in [4.78, 5) is 3.75. The van der Waals surface area contributed by atoms with Crippen molar-refractivity contribution in [2.75, 3.05) is 25.5 Å². The summed E-state index contributed by atoms with van der Waals surface area (Å²) in [5, 5.41) is 6.27. The van der Waals surface area contributed by atoms with Gasteiger partial charge in [0.05, 0.1) is 10.7 Å². The average molecular weight is 295 g/mol. The van der Waals surface area contributed by atoms with Gasteiger partial charge in [0.1, 0.15) is 0 Å². The minimum Gasteiger partial charge on any atom is -0.383 e. The fraction of sp³-hybridized carbons (Fsp3) is 0.333. The van der Waals surface area contributed by atoms with Crippen molar-refractivity contribution in [3.8, 4) is 0 Å². The number of anilines is 1. The van der Waals surface area contributed by atoms with E-state index in [9.17, 15) is 0 Å². The quantitative estimate of drug-likeness (QED) is 0.843. The zero-order valence-electron chi connectivity index (χ0n) is 11.3. The van der Waals surface area contributed by atoms with Gasteiger partial charge in [0.2, 0.25) is 0 Å². The van der Waals surface area contributed by atoms with E-state index >= 15 is 0 Å². The Balaban J connectivity index is 1.81. The Morgan fingerprint density at radius 3 is 2.74 bits per heavy atom. The van der Waals surface area contributed by atoms with Crippen molar-refractivity contribution >= 4 is 28.6 Å². The van der Waals surface area contributed by atoms with Gasteiger partial charge in [-0.3, -0.25) is 4.90 Å². The molecule has 0 aliphatic rings. The molecule has 0 fully saturated rings. The standard InChI is InChI=1S/C15H19ClN2S/c1-12(15-8-5-11-19-15)18(2)10-9-17-14-7-4-3-6-13(14)16/h3-8,11-12,17H,9-10H2,1-2H3. The van der Waals surface area contributed by atoms with Gasteiger partial charge in [0.15, 0.2) is 0 Å². The number of halogens is 1. The normalized spacial score (nSPS) is 12.6. The Morgan fingerprint density at radius 2 is 2.05 bits per heavy atom. The predicted molar refractivity (Wildman–Crippen MR) is 85.3 cm³/mol. The second kappa shape index (κ2) is 6.94. The minimum absolute atomic E-state index is 0.452. The molecule has 1 N–H and O–H groups in total. The van der Waals surface area contributed by atoms with Crippen LogP contribution in [0, 0.1) is 0 Å². The van der Waals surface area contributed by atoms with Gasteiger partial charge in [-0.1, -0.05) is 29.8 Å². The zero-order chi connectivity index (χ0) is 13.7. The summed E-state index contributed by atoms with van der Waals surface area (Å²) in [6, 6.07) is 12.6. The first-order valence-electron chi connectivity index (χ1n) is 6.40. The lowest BCUT2D eigenvalue weighted by Gasteiger charge is -2.24. The van der Waals surface area contributed by atoms with E-state index in [1.165, 1.54) is 4.88 Å². The molecule has 0 radical (unpaired) electrons. The molecule has 102 valence electrons. The van der Waals surface area contributed by atoms with E-state index in [-0.39, 0.29) is 0 Å². The molecule has 0 saturated carbocycles. The Bertz CT molecular complexity index is 499. The fourth-order valence-corrected chi connectivity index (χ4v) is 2.96.